The minimum Gasteiger partial charge on any atom is -0.288 e. The number of rotatable bonds is 4. The summed E-state index contributed by atoms with van der Waals surface area (Å²) in [6.45, 7) is 2.03. The minimum absolute atomic E-state index is 0.240. The van der Waals surface area contributed by atoms with Gasteiger partial charge in [0.15, 0.2) is 5.78 Å². The van der Waals surface area contributed by atoms with Gasteiger partial charge < -0.3 is 0 Å². The van der Waals surface area contributed by atoms with Crippen LogP contribution >= 0.6 is 11.8 Å². The van der Waals surface area contributed by atoms with Crippen LogP contribution in [0.5, 0.6) is 0 Å². The smallest absolute Gasteiger partial charge is 0.196 e. The van der Waals surface area contributed by atoms with E-state index in [-0.39, 0.29) is 5.56 Å². The molecule has 0 fully saturated rings. The van der Waals surface area contributed by atoms with Crippen LogP contribution < -0.4 is 0 Å². The predicted octanol–water partition coefficient (Wildman–Crippen LogP) is 4.31. The zero-order valence-electron chi connectivity index (χ0n) is 10.3. The molecule has 2 aromatic carbocycles. The molecule has 0 aliphatic carbocycles. The Kier molecular flexibility index (Phi) is 4.32. The van der Waals surface area contributed by atoms with Crippen molar-refractivity contribution in [3.8, 4) is 0 Å². The van der Waals surface area contributed by atoms with Crippen molar-refractivity contribution in [3.05, 3.63) is 65.2 Å². The Morgan fingerprint density at radius 3 is 2.42 bits per heavy atom. The van der Waals surface area contributed by atoms with Gasteiger partial charge in [-0.15, -0.1) is 11.8 Å². The van der Waals surface area contributed by atoms with Gasteiger partial charge in [0.25, 0.3) is 0 Å². The van der Waals surface area contributed by atoms with Gasteiger partial charge in [0, 0.05) is 10.5 Å². The van der Waals surface area contributed by atoms with Gasteiger partial charge in [-0.25, -0.2) is 8.78 Å². The summed E-state index contributed by atoms with van der Waals surface area (Å²) >= 11 is 1.65. The van der Waals surface area contributed by atoms with Crippen molar-refractivity contribution in [1.82, 2.24) is 0 Å². The normalized spacial score (nSPS) is 10.5. The summed E-state index contributed by atoms with van der Waals surface area (Å²) in [4.78, 5) is 13.1. The molecule has 1 nitrogen and oxygen atoms in total. The fourth-order valence-electron chi connectivity index (χ4n) is 1.70. The SMILES string of the molecule is CCSc1ccc(C(=O)c2cc(F)ccc2F)cc1. The minimum atomic E-state index is -0.710. The lowest BCUT2D eigenvalue weighted by Crippen LogP contribution is -2.04. The number of ketones is 1. The Hall–Kier alpha value is -1.68. The second-order valence-corrected chi connectivity index (χ2v) is 5.25. The summed E-state index contributed by atoms with van der Waals surface area (Å²) in [6.07, 6.45) is 0. The van der Waals surface area contributed by atoms with Crippen LogP contribution in [-0.2, 0) is 0 Å². The average molecular weight is 278 g/mol. The zero-order valence-corrected chi connectivity index (χ0v) is 11.1. The molecule has 0 unspecified atom stereocenters. The first-order chi connectivity index (χ1) is 9.11. The van der Waals surface area contributed by atoms with E-state index in [0.29, 0.717) is 5.56 Å². The first-order valence-corrected chi connectivity index (χ1v) is 6.83. The third-order valence-electron chi connectivity index (χ3n) is 2.60. The molecule has 4 heteroatoms. The number of thioether (sulfide) groups is 1. The van der Waals surface area contributed by atoms with Crippen LogP contribution in [0, 0.1) is 11.6 Å². The van der Waals surface area contributed by atoms with Crippen LogP contribution in [0.15, 0.2) is 47.4 Å². The van der Waals surface area contributed by atoms with Crippen molar-refractivity contribution in [3.63, 3.8) is 0 Å². The van der Waals surface area contributed by atoms with Crippen molar-refractivity contribution >= 4 is 17.5 Å². The fourth-order valence-corrected chi connectivity index (χ4v) is 2.36. The van der Waals surface area contributed by atoms with E-state index < -0.39 is 17.4 Å². The summed E-state index contributed by atoms with van der Waals surface area (Å²) in [6, 6.07) is 9.75. The predicted molar refractivity (Wildman–Crippen MR) is 72.6 cm³/mol. The van der Waals surface area contributed by atoms with Crippen molar-refractivity contribution in [2.75, 3.05) is 5.75 Å². The molecule has 0 heterocycles. The van der Waals surface area contributed by atoms with E-state index in [1.807, 2.05) is 6.92 Å². The molecule has 0 atom stereocenters. The highest BCUT2D eigenvalue weighted by Gasteiger charge is 2.14. The monoisotopic (exact) mass is 278 g/mol. The molecule has 19 heavy (non-hydrogen) atoms. The van der Waals surface area contributed by atoms with Crippen molar-refractivity contribution in [2.24, 2.45) is 0 Å². The summed E-state index contributed by atoms with van der Waals surface area (Å²) in [7, 11) is 0. The number of halogens is 2. The molecular weight excluding hydrogens is 266 g/mol. The van der Waals surface area contributed by atoms with E-state index in [2.05, 4.69) is 0 Å². The number of benzene rings is 2. The summed E-state index contributed by atoms with van der Waals surface area (Å²) in [5.41, 5.74) is 0.112. The Labute approximate surface area is 114 Å². The van der Waals surface area contributed by atoms with Gasteiger partial charge in [0.05, 0.1) is 5.56 Å². The number of hydrogen-bond donors (Lipinski definition) is 0. The molecule has 0 radical (unpaired) electrons. The Morgan fingerprint density at radius 2 is 1.79 bits per heavy atom. The lowest BCUT2D eigenvalue weighted by molar-refractivity contribution is 0.103. The van der Waals surface area contributed by atoms with E-state index in [1.54, 1.807) is 36.0 Å². The third-order valence-corrected chi connectivity index (χ3v) is 3.49. The summed E-state index contributed by atoms with van der Waals surface area (Å²) in [5.74, 6) is -0.905. The topological polar surface area (TPSA) is 17.1 Å². The maximum atomic E-state index is 13.5. The summed E-state index contributed by atoms with van der Waals surface area (Å²) < 4.78 is 26.6. The third kappa shape index (κ3) is 3.20. The Morgan fingerprint density at radius 1 is 1.11 bits per heavy atom. The standard InChI is InChI=1S/C15H12F2OS/c1-2-19-12-6-3-10(4-7-12)15(18)13-9-11(16)5-8-14(13)17/h3-9H,2H2,1H3. The van der Waals surface area contributed by atoms with Gasteiger partial charge in [0.2, 0.25) is 0 Å². The van der Waals surface area contributed by atoms with E-state index in [0.717, 1.165) is 28.8 Å². The number of hydrogen-bond acceptors (Lipinski definition) is 2. The van der Waals surface area contributed by atoms with Crippen LogP contribution in [0.1, 0.15) is 22.8 Å². The maximum absolute atomic E-state index is 13.5. The zero-order chi connectivity index (χ0) is 13.8. The average Bonchev–Trinajstić information content (AvgIpc) is 2.42. The highest BCUT2D eigenvalue weighted by atomic mass is 32.2. The molecule has 0 aromatic heterocycles. The quantitative estimate of drug-likeness (QED) is 0.612. The van der Waals surface area contributed by atoms with E-state index in [1.165, 1.54) is 0 Å². The van der Waals surface area contributed by atoms with Crippen molar-refractivity contribution in [2.45, 2.75) is 11.8 Å². The van der Waals surface area contributed by atoms with Crippen molar-refractivity contribution < 1.29 is 13.6 Å². The second-order valence-electron chi connectivity index (χ2n) is 3.91. The molecule has 98 valence electrons. The maximum Gasteiger partial charge on any atom is 0.196 e. The van der Waals surface area contributed by atoms with Crippen LogP contribution in [-0.4, -0.2) is 11.5 Å². The lowest BCUT2D eigenvalue weighted by atomic mass is 10.0. The first kappa shape index (κ1) is 13.7. The van der Waals surface area contributed by atoms with Crippen LogP contribution in [0.25, 0.3) is 0 Å². The van der Waals surface area contributed by atoms with E-state index in [9.17, 15) is 13.6 Å². The van der Waals surface area contributed by atoms with E-state index in [4.69, 9.17) is 0 Å². The molecule has 0 bridgehead atoms. The molecular formula is C15H12F2OS. The Bertz CT molecular complexity index is 594. The van der Waals surface area contributed by atoms with Crippen molar-refractivity contribution in [1.29, 1.82) is 0 Å². The van der Waals surface area contributed by atoms with Crippen LogP contribution in [0.3, 0.4) is 0 Å². The molecule has 2 rings (SSSR count). The number of carbonyl (C=O) groups is 1. The van der Waals surface area contributed by atoms with Gasteiger partial charge in [0.1, 0.15) is 11.6 Å². The highest BCUT2D eigenvalue weighted by Crippen LogP contribution is 2.20. The molecule has 0 saturated carbocycles. The molecule has 0 spiro atoms. The molecule has 0 aliphatic rings. The largest absolute Gasteiger partial charge is 0.288 e. The molecule has 0 amide bonds. The fraction of sp³-hybridized carbons (Fsp3) is 0.133. The van der Waals surface area contributed by atoms with Gasteiger partial charge in [-0.1, -0.05) is 6.92 Å². The molecule has 2 aromatic rings. The molecule has 0 saturated heterocycles. The van der Waals surface area contributed by atoms with Crippen LogP contribution in [0.2, 0.25) is 0 Å². The van der Waals surface area contributed by atoms with Gasteiger partial charge in [-0.05, 0) is 48.2 Å². The Balaban J connectivity index is 2.30. The molecule has 0 N–H and O–H groups in total. The van der Waals surface area contributed by atoms with Gasteiger partial charge >= 0.3 is 0 Å². The lowest BCUT2D eigenvalue weighted by Gasteiger charge is -2.04. The summed E-state index contributed by atoms with van der Waals surface area (Å²) in [5, 5.41) is 0. The highest BCUT2D eigenvalue weighted by molar-refractivity contribution is 7.99. The number of carbonyl (C=O) groups excluding carboxylic acids is 1. The second kappa shape index (κ2) is 5.97. The van der Waals surface area contributed by atoms with Crippen LogP contribution in [0.4, 0.5) is 8.78 Å². The molecule has 0 aliphatic heterocycles. The van der Waals surface area contributed by atoms with Gasteiger partial charge in [-0.3, -0.25) is 4.79 Å². The van der Waals surface area contributed by atoms with E-state index >= 15 is 0 Å². The first-order valence-electron chi connectivity index (χ1n) is 5.84. The van der Waals surface area contributed by atoms with Gasteiger partial charge in [-0.2, -0.15) is 0 Å².